The molecule has 78 valence electrons. The van der Waals surface area contributed by atoms with E-state index in [1.54, 1.807) is 19.1 Å². The van der Waals surface area contributed by atoms with Crippen molar-refractivity contribution in [3.05, 3.63) is 28.5 Å². The summed E-state index contributed by atoms with van der Waals surface area (Å²) in [6.07, 6.45) is -0.446. The van der Waals surface area contributed by atoms with Crippen LogP contribution in [0.2, 0.25) is 0 Å². The second kappa shape index (κ2) is 4.75. The van der Waals surface area contributed by atoms with Crippen LogP contribution in [0.4, 0.5) is 10.1 Å². The van der Waals surface area contributed by atoms with E-state index in [4.69, 9.17) is 0 Å². The summed E-state index contributed by atoms with van der Waals surface area (Å²) in [6, 6.07) is 4.60. The van der Waals surface area contributed by atoms with Gasteiger partial charge in [0.15, 0.2) is 0 Å². The number of hydrogen-bond donors (Lipinski definition) is 2. The first kappa shape index (κ1) is 11.5. The standard InChI is InChI=1S/C10H13BrFNO/c1-6(7(2)14)13-8-3-4-10(12)9(11)5-8/h3-7,13-14H,1-2H3. The Balaban J connectivity index is 2.73. The molecule has 1 aromatic carbocycles. The fourth-order valence-corrected chi connectivity index (χ4v) is 1.35. The Hall–Kier alpha value is -0.610. The van der Waals surface area contributed by atoms with Crippen molar-refractivity contribution >= 4 is 21.6 Å². The Morgan fingerprint density at radius 3 is 2.57 bits per heavy atom. The van der Waals surface area contributed by atoms with Gasteiger partial charge in [0.2, 0.25) is 0 Å². The largest absolute Gasteiger partial charge is 0.391 e. The molecule has 0 aliphatic carbocycles. The predicted octanol–water partition coefficient (Wildman–Crippen LogP) is 2.77. The first-order chi connectivity index (χ1) is 6.50. The van der Waals surface area contributed by atoms with Crippen LogP contribution in [0.1, 0.15) is 13.8 Å². The molecule has 2 N–H and O–H groups in total. The highest BCUT2D eigenvalue weighted by molar-refractivity contribution is 9.10. The number of aliphatic hydroxyl groups excluding tert-OH is 1. The summed E-state index contributed by atoms with van der Waals surface area (Å²) in [6.45, 7) is 3.57. The van der Waals surface area contributed by atoms with Crippen molar-refractivity contribution in [3.63, 3.8) is 0 Å². The Morgan fingerprint density at radius 2 is 2.07 bits per heavy atom. The van der Waals surface area contributed by atoms with Gasteiger partial charge >= 0.3 is 0 Å². The molecule has 0 saturated heterocycles. The molecule has 14 heavy (non-hydrogen) atoms. The lowest BCUT2D eigenvalue weighted by molar-refractivity contribution is 0.178. The van der Waals surface area contributed by atoms with Gasteiger partial charge in [-0.25, -0.2) is 4.39 Å². The van der Waals surface area contributed by atoms with E-state index in [9.17, 15) is 9.50 Å². The quantitative estimate of drug-likeness (QED) is 0.877. The van der Waals surface area contributed by atoms with E-state index in [-0.39, 0.29) is 11.9 Å². The van der Waals surface area contributed by atoms with Gasteiger partial charge in [-0.05, 0) is 48.0 Å². The van der Waals surface area contributed by atoms with Crippen molar-refractivity contribution in [2.45, 2.75) is 26.0 Å². The van der Waals surface area contributed by atoms with Crippen LogP contribution in [-0.2, 0) is 0 Å². The third-order valence-corrected chi connectivity index (χ3v) is 2.65. The average Bonchev–Trinajstić information content (AvgIpc) is 2.11. The number of anilines is 1. The van der Waals surface area contributed by atoms with E-state index in [1.807, 2.05) is 6.92 Å². The average molecular weight is 262 g/mol. The SMILES string of the molecule is CC(O)C(C)Nc1ccc(F)c(Br)c1. The van der Waals surface area contributed by atoms with Gasteiger partial charge < -0.3 is 10.4 Å². The van der Waals surface area contributed by atoms with Gasteiger partial charge in [-0.15, -0.1) is 0 Å². The monoisotopic (exact) mass is 261 g/mol. The topological polar surface area (TPSA) is 32.3 Å². The van der Waals surface area contributed by atoms with E-state index in [1.165, 1.54) is 6.07 Å². The van der Waals surface area contributed by atoms with E-state index >= 15 is 0 Å². The number of hydrogen-bond acceptors (Lipinski definition) is 2. The smallest absolute Gasteiger partial charge is 0.137 e. The molecule has 4 heteroatoms. The summed E-state index contributed by atoms with van der Waals surface area (Å²) >= 11 is 3.10. The van der Waals surface area contributed by atoms with E-state index in [0.717, 1.165) is 5.69 Å². The zero-order valence-corrected chi connectivity index (χ0v) is 9.68. The van der Waals surface area contributed by atoms with Gasteiger partial charge in [0.1, 0.15) is 5.82 Å². The zero-order chi connectivity index (χ0) is 10.7. The molecule has 0 aliphatic heterocycles. The van der Waals surface area contributed by atoms with Gasteiger partial charge in [-0.3, -0.25) is 0 Å². The van der Waals surface area contributed by atoms with Crippen LogP contribution in [0.25, 0.3) is 0 Å². The van der Waals surface area contributed by atoms with Gasteiger partial charge in [-0.1, -0.05) is 0 Å². The third-order valence-electron chi connectivity index (χ3n) is 2.04. The molecule has 2 nitrogen and oxygen atoms in total. The number of rotatable bonds is 3. The second-order valence-electron chi connectivity index (χ2n) is 3.30. The lowest BCUT2D eigenvalue weighted by Gasteiger charge is -2.17. The van der Waals surface area contributed by atoms with Crippen LogP contribution < -0.4 is 5.32 Å². The number of halogens is 2. The lowest BCUT2D eigenvalue weighted by atomic mass is 10.2. The van der Waals surface area contributed by atoms with Crippen LogP contribution in [0, 0.1) is 5.82 Å². The van der Waals surface area contributed by atoms with Crippen molar-refractivity contribution in [2.75, 3.05) is 5.32 Å². The van der Waals surface area contributed by atoms with Crippen molar-refractivity contribution in [3.8, 4) is 0 Å². The predicted molar refractivity (Wildman–Crippen MR) is 58.9 cm³/mol. The Bertz CT molecular complexity index is 317. The number of nitrogens with one attached hydrogen (secondary N) is 1. The summed E-state index contributed by atoms with van der Waals surface area (Å²) in [7, 11) is 0. The van der Waals surface area contributed by atoms with E-state index < -0.39 is 6.10 Å². The highest BCUT2D eigenvalue weighted by atomic mass is 79.9. The van der Waals surface area contributed by atoms with Crippen molar-refractivity contribution < 1.29 is 9.50 Å². The highest BCUT2D eigenvalue weighted by Gasteiger charge is 2.08. The summed E-state index contributed by atoms with van der Waals surface area (Å²) in [5, 5.41) is 12.3. The summed E-state index contributed by atoms with van der Waals surface area (Å²) in [5.41, 5.74) is 0.784. The first-order valence-corrected chi connectivity index (χ1v) is 5.19. The molecule has 1 aromatic rings. The molecule has 0 heterocycles. The van der Waals surface area contributed by atoms with E-state index in [2.05, 4.69) is 21.2 Å². The first-order valence-electron chi connectivity index (χ1n) is 4.40. The Kier molecular flexibility index (Phi) is 3.89. The normalized spacial score (nSPS) is 14.9. The third kappa shape index (κ3) is 2.96. The minimum atomic E-state index is -0.446. The summed E-state index contributed by atoms with van der Waals surface area (Å²) < 4.78 is 13.3. The van der Waals surface area contributed by atoms with Gasteiger partial charge in [0, 0.05) is 11.7 Å². The molecule has 0 amide bonds. The van der Waals surface area contributed by atoms with E-state index in [0.29, 0.717) is 4.47 Å². The molecule has 0 aliphatic rings. The maximum Gasteiger partial charge on any atom is 0.137 e. The fourth-order valence-electron chi connectivity index (χ4n) is 0.969. The van der Waals surface area contributed by atoms with Crippen LogP contribution in [0.5, 0.6) is 0 Å². The summed E-state index contributed by atoms with van der Waals surface area (Å²) in [5.74, 6) is -0.291. The maximum absolute atomic E-state index is 12.9. The molecule has 0 spiro atoms. The molecule has 0 radical (unpaired) electrons. The van der Waals surface area contributed by atoms with Gasteiger partial charge in [-0.2, -0.15) is 0 Å². The molecule has 1 rings (SSSR count). The molecule has 0 bridgehead atoms. The molecule has 0 aromatic heterocycles. The zero-order valence-electron chi connectivity index (χ0n) is 8.09. The van der Waals surface area contributed by atoms with Crippen molar-refractivity contribution in [1.82, 2.24) is 0 Å². The molecular formula is C10H13BrFNO. The van der Waals surface area contributed by atoms with Crippen molar-refractivity contribution in [1.29, 1.82) is 0 Å². The number of aliphatic hydroxyl groups is 1. The van der Waals surface area contributed by atoms with Crippen LogP contribution >= 0.6 is 15.9 Å². The van der Waals surface area contributed by atoms with Gasteiger partial charge in [0.25, 0.3) is 0 Å². The molecular weight excluding hydrogens is 249 g/mol. The minimum Gasteiger partial charge on any atom is -0.391 e. The van der Waals surface area contributed by atoms with Crippen LogP contribution in [-0.4, -0.2) is 17.3 Å². The Morgan fingerprint density at radius 1 is 1.43 bits per heavy atom. The van der Waals surface area contributed by atoms with Gasteiger partial charge in [0.05, 0.1) is 10.6 Å². The van der Waals surface area contributed by atoms with Crippen molar-refractivity contribution in [2.24, 2.45) is 0 Å². The molecule has 2 unspecified atom stereocenters. The lowest BCUT2D eigenvalue weighted by Crippen LogP contribution is -2.27. The molecule has 2 atom stereocenters. The van der Waals surface area contributed by atoms with Crippen LogP contribution in [0.3, 0.4) is 0 Å². The second-order valence-corrected chi connectivity index (χ2v) is 4.16. The molecule has 0 saturated carbocycles. The number of benzene rings is 1. The fraction of sp³-hybridized carbons (Fsp3) is 0.400. The van der Waals surface area contributed by atoms with Crippen LogP contribution in [0.15, 0.2) is 22.7 Å². The Labute approximate surface area is 91.3 Å². The molecule has 0 fully saturated rings. The maximum atomic E-state index is 12.9. The minimum absolute atomic E-state index is 0.0626. The highest BCUT2D eigenvalue weighted by Crippen LogP contribution is 2.20. The summed E-state index contributed by atoms with van der Waals surface area (Å²) in [4.78, 5) is 0.